The Balaban J connectivity index is 1.92. The molecule has 0 spiro atoms. The molecule has 0 aromatic heterocycles. The molecule has 0 bridgehead atoms. The molecular weight excluding hydrogens is 406 g/mol. The Morgan fingerprint density at radius 3 is 1.94 bits per heavy atom. The van der Waals surface area contributed by atoms with Crippen LogP contribution in [0.1, 0.15) is 130 Å². The number of hydrogen-bond donors (Lipinski definition) is 1. The quantitative estimate of drug-likeness (QED) is 0.101. The van der Waals surface area contributed by atoms with E-state index >= 15 is 0 Å². The Morgan fingerprint density at radius 1 is 0.848 bits per heavy atom. The molecule has 1 aliphatic heterocycles. The first-order valence-electron chi connectivity index (χ1n) is 14.4. The molecule has 4 nitrogen and oxygen atoms in total. The molecule has 0 saturated heterocycles. The molecule has 1 aliphatic rings. The maximum atomic E-state index is 11.2. The fourth-order valence-electron chi connectivity index (χ4n) is 5.04. The van der Waals surface area contributed by atoms with Crippen LogP contribution in [0.3, 0.4) is 0 Å². The number of amides is 1. The second-order valence-electron chi connectivity index (χ2n) is 10.1. The molecule has 0 fully saturated rings. The third-order valence-corrected chi connectivity index (χ3v) is 7.28. The summed E-state index contributed by atoms with van der Waals surface area (Å²) in [5.41, 5.74) is 0. The largest absolute Gasteiger partial charge is 0.351 e. The van der Waals surface area contributed by atoms with E-state index in [9.17, 15) is 4.79 Å². The van der Waals surface area contributed by atoms with Crippen molar-refractivity contribution < 1.29 is 9.28 Å². The van der Waals surface area contributed by atoms with Crippen LogP contribution in [-0.2, 0) is 4.79 Å². The fraction of sp³-hybridized carbons (Fsp3) is 0.862. The molecule has 33 heavy (non-hydrogen) atoms. The van der Waals surface area contributed by atoms with E-state index in [0.29, 0.717) is 0 Å². The molecule has 0 aliphatic carbocycles. The van der Waals surface area contributed by atoms with E-state index in [0.717, 1.165) is 43.6 Å². The van der Waals surface area contributed by atoms with Crippen LogP contribution in [0.2, 0.25) is 0 Å². The number of allylic oxidation sites excluding steroid dienone is 2. The van der Waals surface area contributed by atoms with E-state index in [4.69, 9.17) is 4.99 Å². The van der Waals surface area contributed by atoms with Gasteiger partial charge in [0.15, 0.2) is 5.84 Å². The highest BCUT2D eigenvalue weighted by molar-refractivity contribution is 5.77. The summed E-state index contributed by atoms with van der Waals surface area (Å²) in [6, 6.07) is 0. The number of unbranched alkanes of at least 4 members (excludes halogenated alkanes) is 14. The second kappa shape index (κ2) is 20.2. The molecular formula is C29H56N3O+. The van der Waals surface area contributed by atoms with Gasteiger partial charge in [0.05, 0.1) is 19.6 Å². The number of hydrogen-bond acceptors (Lipinski definition) is 2. The van der Waals surface area contributed by atoms with Crippen molar-refractivity contribution in [3.05, 3.63) is 12.2 Å². The van der Waals surface area contributed by atoms with Crippen molar-refractivity contribution in [1.82, 2.24) is 5.32 Å². The van der Waals surface area contributed by atoms with Crippen LogP contribution in [0.4, 0.5) is 0 Å². The number of carbonyl (C=O) groups excluding carboxylic acids is 1. The van der Waals surface area contributed by atoms with Crippen LogP contribution in [0.25, 0.3) is 0 Å². The van der Waals surface area contributed by atoms with Gasteiger partial charge >= 0.3 is 0 Å². The molecule has 1 heterocycles. The summed E-state index contributed by atoms with van der Waals surface area (Å²) in [7, 11) is 0. The highest BCUT2D eigenvalue weighted by Crippen LogP contribution is 2.20. The molecule has 0 aromatic carbocycles. The lowest BCUT2D eigenvalue weighted by molar-refractivity contribution is -0.833. The van der Waals surface area contributed by atoms with Crippen molar-refractivity contribution >= 4 is 11.7 Å². The maximum Gasteiger partial charge on any atom is 0.217 e. The van der Waals surface area contributed by atoms with Crippen LogP contribution in [0.5, 0.6) is 0 Å². The predicted molar refractivity (Wildman–Crippen MR) is 145 cm³/mol. The summed E-state index contributed by atoms with van der Waals surface area (Å²) >= 11 is 0. The first-order chi connectivity index (χ1) is 16.1. The molecule has 1 amide bonds. The minimum absolute atomic E-state index is 0.0725. The van der Waals surface area contributed by atoms with Gasteiger partial charge in [-0.05, 0) is 32.6 Å². The predicted octanol–water partition coefficient (Wildman–Crippen LogP) is 7.58. The highest BCUT2D eigenvalue weighted by Gasteiger charge is 2.35. The zero-order valence-electron chi connectivity index (χ0n) is 22.5. The molecule has 4 heteroatoms. The lowest BCUT2D eigenvalue weighted by atomic mass is 10.0. The fourth-order valence-corrected chi connectivity index (χ4v) is 5.04. The Labute approximate surface area is 206 Å². The number of rotatable bonds is 22. The van der Waals surface area contributed by atoms with E-state index in [1.807, 2.05) is 0 Å². The minimum atomic E-state index is 0.0725. The first kappa shape index (κ1) is 29.9. The summed E-state index contributed by atoms with van der Waals surface area (Å²) in [5.74, 6) is 1.46. The summed E-state index contributed by atoms with van der Waals surface area (Å²) < 4.78 is 0.996. The molecule has 1 atom stereocenters. The van der Waals surface area contributed by atoms with Crippen LogP contribution in [-0.4, -0.2) is 48.9 Å². The molecule has 1 N–H and O–H groups in total. The zero-order chi connectivity index (χ0) is 24.0. The van der Waals surface area contributed by atoms with Gasteiger partial charge in [-0.3, -0.25) is 9.28 Å². The monoisotopic (exact) mass is 462 g/mol. The summed E-state index contributed by atoms with van der Waals surface area (Å²) in [5, 5.41) is 2.97. The van der Waals surface area contributed by atoms with Crippen molar-refractivity contribution in [3.63, 3.8) is 0 Å². The van der Waals surface area contributed by atoms with E-state index < -0.39 is 0 Å². The van der Waals surface area contributed by atoms with E-state index in [1.165, 1.54) is 109 Å². The summed E-state index contributed by atoms with van der Waals surface area (Å²) in [4.78, 5) is 16.0. The third kappa shape index (κ3) is 14.7. The van der Waals surface area contributed by atoms with Gasteiger partial charge in [0.25, 0.3) is 0 Å². The van der Waals surface area contributed by atoms with Gasteiger partial charge in [-0.2, -0.15) is 0 Å². The van der Waals surface area contributed by atoms with E-state index in [1.54, 1.807) is 6.92 Å². The van der Waals surface area contributed by atoms with Gasteiger partial charge in [-0.15, -0.1) is 0 Å². The van der Waals surface area contributed by atoms with Crippen molar-refractivity contribution in [2.24, 2.45) is 4.99 Å². The number of nitrogens with zero attached hydrogens (tertiary/aromatic N) is 2. The number of likely N-dealkylation sites (N-methyl/N-ethyl adjacent to an activating group) is 1. The standard InChI is InChI=1S/C29H55N3O/c1-4-6-7-8-9-10-11-12-13-14-15-16-17-18-19-20-21-22-23-29-31-25-27-32(29,5-2)26-24-30-28(3)33/h7-8H,4-6,9-27H2,1-3H3/p+1/b8-7+. The molecule has 0 saturated carbocycles. The number of carbonyl (C=O) groups is 1. The van der Waals surface area contributed by atoms with Crippen molar-refractivity contribution in [2.45, 2.75) is 130 Å². The van der Waals surface area contributed by atoms with E-state index in [2.05, 4.69) is 31.3 Å². The van der Waals surface area contributed by atoms with Gasteiger partial charge in [-0.25, -0.2) is 4.99 Å². The Hall–Kier alpha value is -1.16. The van der Waals surface area contributed by atoms with Crippen LogP contribution in [0.15, 0.2) is 17.1 Å². The normalized spacial score (nSPS) is 18.2. The molecule has 192 valence electrons. The number of aliphatic imine (C=N–C) groups is 1. The van der Waals surface area contributed by atoms with Gasteiger partial charge in [-0.1, -0.05) is 96.1 Å². The molecule has 0 aromatic rings. The zero-order valence-corrected chi connectivity index (χ0v) is 22.5. The lowest BCUT2D eigenvalue weighted by Crippen LogP contribution is -2.54. The Kier molecular flexibility index (Phi) is 18.3. The third-order valence-electron chi connectivity index (χ3n) is 7.28. The number of nitrogens with one attached hydrogen (secondary N) is 1. The van der Waals surface area contributed by atoms with Crippen LogP contribution < -0.4 is 5.32 Å². The van der Waals surface area contributed by atoms with Gasteiger partial charge < -0.3 is 5.32 Å². The average Bonchev–Trinajstić information content (AvgIpc) is 3.21. The summed E-state index contributed by atoms with van der Waals surface area (Å²) in [6.45, 7) is 11.0. The van der Waals surface area contributed by atoms with E-state index in [-0.39, 0.29) is 5.91 Å². The van der Waals surface area contributed by atoms with Gasteiger partial charge in [0.2, 0.25) is 5.91 Å². The topological polar surface area (TPSA) is 41.5 Å². The summed E-state index contributed by atoms with van der Waals surface area (Å²) in [6.07, 6.45) is 27.8. The van der Waals surface area contributed by atoms with Crippen molar-refractivity contribution in [3.8, 4) is 0 Å². The molecule has 1 rings (SSSR count). The van der Waals surface area contributed by atoms with Gasteiger partial charge in [0, 0.05) is 13.3 Å². The average molecular weight is 463 g/mol. The number of amidine groups is 1. The molecule has 1 unspecified atom stereocenters. The number of quaternary nitrogens is 1. The smallest absolute Gasteiger partial charge is 0.217 e. The Morgan fingerprint density at radius 2 is 1.39 bits per heavy atom. The molecule has 0 radical (unpaired) electrons. The van der Waals surface area contributed by atoms with Gasteiger partial charge in [0.1, 0.15) is 13.1 Å². The van der Waals surface area contributed by atoms with Crippen LogP contribution >= 0.6 is 0 Å². The van der Waals surface area contributed by atoms with Crippen LogP contribution in [0, 0.1) is 0 Å². The van der Waals surface area contributed by atoms with Crippen molar-refractivity contribution in [2.75, 3.05) is 32.7 Å². The second-order valence-corrected chi connectivity index (χ2v) is 10.1. The minimum Gasteiger partial charge on any atom is -0.351 e. The SMILES string of the molecule is CCC/C=C/CCCCCCCCCCCCCCCC1=NCC[N+]1(CC)CCNC(C)=O. The highest BCUT2D eigenvalue weighted by atomic mass is 16.1. The van der Waals surface area contributed by atoms with Crippen molar-refractivity contribution in [1.29, 1.82) is 0 Å². The Bertz CT molecular complexity index is 543. The first-order valence-corrected chi connectivity index (χ1v) is 14.4. The lowest BCUT2D eigenvalue weighted by Gasteiger charge is -2.33. The maximum absolute atomic E-state index is 11.2.